The summed E-state index contributed by atoms with van der Waals surface area (Å²) in [5, 5.41) is 0. The van der Waals surface area contributed by atoms with E-state index in [-0.39, 0.29) is 0 Å². The molecule has 92 valence electrons. The van der Waals surface area contributed by atoms with Gasteiger partial charge in [-0.25, -0.2) is 0 Å². The molecule has 2 heteroatoms. The maximum absolute atomic E-state index is 5.42. The van der Waals surface area contributed by atoms with Crippen LogP contribution >= 0.6 is 24.0 Å². The topological polar surface area (TPSA) is 0 Å². The minimum Gasteiger partial charge on any atom is -0.114 e. The Labute approximate surface area is 118 Å². The summed E-state index contributed by atoms with van der Waals surface area (Å²) in [6, 6.07) is 18.9. The fourth-order valence-electron chi connectivity index (χ4n) is 1.67. The molecule has 0 N–H and O–H groups in total. The Morgan fingerprint density at radius 2 is 1.67 bits per heavy atom. The molecule has 0 nitrogen and oxygen atoms in total. The monoisotopic (exact) mass is 272 g/mol. The molecule has 0 aliphatic rings. The Hall–Kier alpha value is -1.12. The number of rotatable bonds is 4. The van der Waals surface area contributed by atoms with Crippen LogP contribution in [0, 0.1) is 6.92 Å². The fourth-order valence-corrected chi connectivity index (χ4v) is 2.89. The largest absolute Gasteiger partial charge is 0.114 e. The highest BCUT2D eigenvalue weighted by Crippen LogP contribution is 2.15. The molecule has 0 aliphatic carbocycles. The van der Waals surface area contributed by atoms with Crippen LogP contribution < -0.4 is 0 Å². The number of thioether (sulfide) groups is 1. The van der Waals surface area contributed by atoms with E-state index in [0.29, 0.717) is 0 Å². The van der Waals surface area contributed by atoms with Crippen molar-refractivity contribution in [2.45, 2.75) is 13.3 Å². The van der Waals surface area contributed by atoms with Crippen LogP contribution in [0.25, 0.3) is 0 Å². The minimum atomic E-state index is 0.989. The van der Waals surface area contributed by atoms with E-state index in [9.17, 15) is 0 Å². The number of aryl methyl sites for hydroxylation is 2. The average molecular weight is 272 g/mol. The molecule has 0 aliphatic heterocycles. The highest BCUT2D eigenvalue weighted by molar-refractivity contribution is 8.23. The Kier molecular flexibility index (Phi) is 4.97. The molecule has 0 heterocycles. The smallest absolute Gasteiger partial charge is 0.0778 e. The van der Waals surface area contributed by atoms with E-state index in [1.54, 1.807) is 11.8 Å². The zero-order valence-corrected chi connectivity index (χ0v) is 12.1. The molecule has 0 bridgehead atoms. The van der Waals surface area contributed by atoms with Gasteiger partial charge in [0.2, 0.25) is 0 Å². The second-order valence-electron chi connectivity index (χ2n) is 4.24. The molecule has 0 spiro atoms. The lowest BCUT2D eigenvalue weighted by molar-refractivity contribution is 1.16. The first-order chi connectivity index (χ1) is 8.75. The van der Waals surface area contributed by atoms with Crippen molar-refractivity contribution in [2.24, 2.45) is 0 Å². The van der Waals surface area contributed by atoms with Crippen LogP contribution in [0.2, 0.25) is 0 Å². The number of thiocarbonyl (C=S) groups is 1. The number of benzene rings is 2. The number of hydrogen-bond acceptors (Lipinski definition) is 2. The van der Waals surface area contributed by atoms with Crippen LogP contribution in [0.4, 0.5) is 0 Å². The maximum Gasteiger partial charge on any atom is 0.0778 e. The standard InChI is InChI=1S/C16H16S2/c1-13-7-9-14(10-8-13)11-12-18-16(17)15-5-3-2-4-6-15/h2-10H,11-12H2,1H3. The van der Waals surface area contributed by atoms with Crippen molar-refractivity contribution in [1.82, 2.24) is 0 Å². The zero-order valence-electron chi connectivity index (χ0n) is 10.4. The summed E-state index contributed by atoms with van der Waals surface area (Å²) in [5.74, 6) is 1.04. The van der Waals surface area contributed by atoms with Crippen molar-refractivity contribution < 1.29 is 0 Å². The Morgan fingerprint density at radius 1 is 1.00 bits per heavy atom. The lowest BCUT2D eigenvalue weighted by Gasteiger charge is -2.04. The molecule has 2 aromatic rings. The normalized spacial score (nSPS) is 10.3. The van der Waals surface area contributed by atoms with E-state index in [1.165, 1.54) is 11.1 Å². The van der Waals surface area contributed by atoms with Gasteiger partial charge in [-0.2, -0.15) is 0 Å². The SMILES string of the molecule is Cc1ccc(CCSC(=S)c2ccccc2)cc1. The van der Waals surface area contributed by atoms with Crippen LogP contribution in [-0.2, 0) is 6.42 Å². The van der Waals surface area contributed by atoms with Gasteiger partial charge in [-0.05, 0) is 24.5 Å². The van der Waals surface area contributed by atoms with Gasteiger partial charge in [-0.1, -0.05) is 72.4 Å². The molecule has 0 saturated carbocycles. The first kappa shape index (κ1) is 13.3. The van der Waals surface area contributed by atoms with Crippen LogP contribution in [0.3, 0.4) is 0 Å². The lowest BCUT2D eigenvalue weighted by Crippen LogP contribution is -1.95. The third-order valence-corrected chi connectivity index (χ3v) is 4.25. The van der Waals surface area contributed by atoms with E-state index in [4.69, 9.17) is 12.2 Å². The van der Waals surface area contributed by atoms with E-state index in [1.807, 2.05) is 18.2 Å². The molecule has 0 unspecified atom stereocenters. The molecular formula is C16H16S2. The summed E-state index contributed by atoms with van der Waals surface area (Å²) in [4.78, 5) is 0. The molecule has 0 aromatic heterocycles. The summed E-state index contributed by atoms with van der Waals surface area (Å²) >= 11 is 7.18. The predicted octanol–water partition coefficient (Wildman–Crippen LogP) is 4.65. The van der Waals surface area contributed by atoms with Crippen molar-refractivity contribution in [3.63, 3.8) is 0 Å². The molecule has 0 saturated heterocycles. The Morgan fingerprint density at radius 3 is 2.33 bits per heavy atom. The van der Waals surface area contributed by atoms with E-state index < -0.39 is 0 Å². The van der Waals surface area contributed by atoms with Crippen LogP contribution in [-0.4, -0.2) is 9.95 Å². The van der Waals surface area contributed by atoms with Gasteiger partial charge in [0.1, 0.15) is 0 Å². The van der Waals surface area contributed by atoms with Gasteiger partial charge >= 0.3 is 0 Å². The highest BCUT2D eigenvalue weighted by Gasteiger charge is 2.01. The van der Waals surface area contributed by atoms with Gasteiger partial charge in [0.05, 0.1) is 4.20 Å². The summed E-state index contributed by atoms with van der Waals surface area (Å²) < 4.78 is 0.989. The van der Waals surface area contributed by atoms with E-state index in [2.05, 4.69) is 43.3 Å². The molecule has 0 radical (unpaired) electrons. The second-order valence-corrected chi connectivity index (χ2v) is 6.01. The average Bonchev–Trinajstić information content (AvgIpc) is 2.42. The zero-order chi connectivity index (χ0) is 12.8. The lowest BCUT2D eigenvalue weighted by atomic mass is 10.1. The van der Waals surface area contributed by atoms with Gasteiger partial charge in [-0.15, -0.1) is 11.8 Å². The van der Waals surface area contributed by atoms with E-state index >= 15 is 0 Å². The van der Waals surface area contributed by atoms with Crippen LogP contribution in [0.1, 0.15) is 16.7 Å². The first-order valence-corrected chi connectivity index (χ1v) is 7.43. The van der Waals surface area contributed by atoms with Crippen molar-refractivity contribution in [3.8, 4) is 0 Å². The molecule has 18 heavy (non-hydrogen) atoms. The predicted molar refractivity (Wildman–Crippen MR) is 85.5 cm³/mol. The third-order valence-electron chi connectivity index (χ3n) is 2.75. The van der Waals surface area contributed by atoms with Gasteiger partial charge in [0, 0.05) is 5.75 Å². The van der Waals surface area contributed by atoms with Crippen molar-refractivity contribution in [1.29, 1.82) is 0 Å². The van der Waals surface area contributed by atoms with Crippen molar-refractivity contribution >= 4 is 28.2 Å². The van der Waals surface area contributed by atoms with Gasteiger partial charge in [0.25, 0.3) is 0 Å². The van der Waals surface area contributed by atoms with Crippen molar-refractivity contribution in [2.75, 3.05) is 5.75 Å². The van der Waals surface area contributed by atoms with Crippen LogP contribution in [0.5, 0.6) is 0 Å². The van der Waals surface area contributed by atoms with E-state index in [0.717, 1.165) is 21.9 Å². The molecule has 2 rings (SSSR count). The molecule has 2 aromatic carbocycles. The fraction of sp³-hybridized carbons (Fsp3) is 0.188. The quantitative estimate of drug-likeness (QED) is 0.743. The first-order valence-electron chi connectivity index (χ1n) is 6.03. The molecular weight excluding hydrogens is 256 g/mol. The summed E-state index contributed by atoms with van der Waals surface area (Å²) in [6.07, 6.45) is 1.07. The Balaban J connectivity index is 1.82. The molecule has 0 amide bonds. The van der Waals surface area contributed by atoms with Gasteiger partial charge in [-0.3, -0.25) is 0 Å². The summed E-state index contributed by atoms with van der Waals surface area (Å²) in [6.45, 7) is 2.11. The molecule has 0 fully saturated rings. The highest BCUT2D eigenvalue weighted by atomic mass is 32.2. The second kappa shape index (κ2) is 6.72. The Bertz CT molecular complexity index is 500. The van der Waals surface area contributed by atoms with Gasteiger partial charge < -0.3 is 0 Å². The van der Waals surface area contributed by atoms with Crippen molar-refractivity contribution in [3.05, 3.63) is 71.3 Å². The number of hydrogen-bond donors (Lipinski definition) is 0. The maximum atomic E-state index is 5.42. The van der Waals surface area contributed by atoms with Crippen LogP contribution in [0.15, 0.2) is 54.6 Å². The molecule has 0 atom stereocenters. The third kappa shape index (κ3) is 3.97. The minimum absolute atomic E-state index is 0.989. The summed E-state index contributed by atoms with van der Waals surface area (Å²) in [7, 11) is 0. The van der Waals surface area contributed by atoms with Gasteiger partial charge in [0.15, 0.2) is 0 Å². The summed E-state index contributed by atoms with van der Waals surface area (Å²) in [5.41, 5.74) is 3.84.